The topological polar surface area (TPSA) is 477 Å². The van der Waals surface area contributed by atoms with Crippen LogP contribution < -0.4 is 68.8 Å². The highest BCUT2D eigenvalue weighted by molar-refractivity contribution is 8.00. The molecule has 11 aromatic rings. The number of carboxylic acids is 4. The molecule has 1 atom stereocenters. The first-order valence-corrected chi connectivity index (χ1v) is 46.8. The average molecular weight is 2070 g/mol. The molecule has 0 saturated carbocycles. The third-order valence-electron chi connectivity index (χ3n) is 19.3. The van der Waals surface area contributed by atoms with E-state index in [0.717, 1.165) is 146 Å². The van der Waals surface area contributed by atoms with E-state index < -0.39 is 54.5 Å². The number of thioether (sulfide) groups is 4. The minimum absolute atomic E-state index is 0.0540. The second-order valence-electron chi connectivity index (χ2n) is 28.8. The summed E-state index contributed by atoms with van der Waals surface area (Å²) in [5, 5.41) is 48.6. The van der Waals surface area contributed by atoms with Gasteiger partial charge >= 0.3 is 48.6 Å². The second-order valence-corrected chi connectivity index (χ2v) is 35.0. The highest BCUT2D eigenvalue weighted by atomic mass is 32.2. The summed E-state index contributed by atoms with van der Waals surface area (Å²) in [6.45, 7) is 24.7. The van der Waals surface area contributed by atoms with Gasteiger partial charge < -0.3 is 71.4 Å². The number of imidazole rings is 4. The number of rotatable bonds is 20. The molecule has 57 heteroatoms. The molecule has 15 rings (SSSR count). The number of aromatic nitrogens is 16. The molecule has 0 spiro atoms. The maximum absolute atomic E-state index is 13.3. The summed E-state index contributed by atoms with van der Waals surface area (Å²) >= 11 is 9.16. The van der Waals surface area contributed by atoms with Crippen LogP contribution in [0.4, 0.5) is 76.5 Å². The van der Waals surface area contributed by atoms with E-state index in [1.807, 2.05) is 42.5 Å². The summed E-state index contributed by atoms with van der Waals surface area (Å²) in [6, 6.07) is 12.0. The zero-order valence-corrected chi connectivity index (χ0v) is 80.3. The molecule has 0 bridgehead atoms. The normalized spacial score (nSPS) is 13.9. The molecule has 15 heterocycles. The van der Waals surface area contributed by atoms with Crippen LogP contribution in [-0.4, -0.2) is 262 Å². The largest absolute Gasteiger partial charge is 0.490 e. The maximum Gasteiger partial charge on any atom is 0.490 e. The SMILES string of the molecule is CC#CCn1c(N2CCNCC2)nc2nc(SC(C)c3cccs3)n(C)c(=O)c21.CC#CCn1c(N2CCNCC2)nc2nc(SCC(N)=O)n(C)c(=O)c21.CC#CCn1c(N2CCNCC2)nc2nc(SCc3ccco3)n(C)c(=O)c21.CC#CCn1c(N2CCNCC2)nc2nc(SCc3cccs3)n(C)c(=O)c21.O=C(O)C(F)(F)F.O=C(O)C(F)(F)F.O=C(O)C(F)(F)F.O=C(O)C(F)(F)F. The summed E-state index contributed by atoms with van der Waals surface area (Å²) in [6.07, 6.45) is -18.7. The maximum atomic E-state index is 13.3. The van der Waals surface area contributed by atoms with Crippen molar-refractivity contribution in [2.24, 2.45) is 33.9 Å². The summed E-state index contributed by atoms with van der Waals surface area (Å²) in [7, 11) is 6.93. The highest BCUT2D eigenvalue weighted by Crippen LogP contribution is 2.37. The van der Waals surface area contributed by atoms with Gasteiger partial charge in [0.2, 0.25) is 29.7 Å². The molecule has 11 aromatic heterocycles. The van der Waals surface area contributed by atoms with Gasteiger partial charge in [-0.2, -0.15) is 72.6 Å². The number of hydrogen-bond donors (Lipinski definition) is 9. The second kappa shape index (κ2) is 51.8. The van der Waals surface area contributed by atoms with Crippen LogP contribution in [0.15, 0.2) is 97.6 Å². The number of halogens is 12. The van der Waals surface area contributed by atoms with Gasteiger partial charge in [-0.3, -0.25) is 60.5 Å². The van der Waals surface area contributed by atoms with E-state index in [-0.39, 0.29) is 33.2 Å². The summed E-state index contributed by atoms with van der Waals surface area (Å²) in [5.74, 6) is 17.7. The Morgan fingerprint density at radius 3 is 0.964 bits per heavy atom. The predicted molar refractivity (Wildman–Crippen MR) is 501 cm³/mol. The van der Waals surface area contributed by atoms with Crippen molar-refractivity contribution < 1.29 is 102 Å². The molecule has 0 aliphatic carbocycles. The number of hydrogen-bond acceptors (Lipinski definition) is 32. The lowest BCUT2D eigenvalue weighted by molar-refractivity contribution is -0.193. The number of thiophene rings is 2. The smallest absolute Gasteiger partial charge is 0.475 e. The average Bonchev–Trinajstić information content (AvgIpc) is 1.62. The first kappa shape index (κ1) is 112. The van der Waals surface area contributed by atoms with Crippen LogP contribution in [0.3, 0.4) is 0 Å². The van der Waals surface area contributed by atoms with Crippen LogP contribution in [0.2, 0.25) is 0 Å². The van der Waals surface area contributed by atoms with Crippen LogP contribution in [0.1, 0.15) is 55.4 Å². The Labute approximate surface area is 807 Å². The van der Waals surface area contributed by atoms with Crippen molar-refractivity contribution in [3.8, 4) is 47.4 Å². The molecule has 10 N–H and O–H groups in total. The minimum Gasteiger partial charge on any atom is -0.475 e. The Kier molecular flexibility index (Phi) is 41.6. The Hall–Kier alpha value is -12.7. The van der Waals surface area contributed by atoms with Gasteiger partial charge in [-0.25, -0.2) is 39.1 Å². The Bertz CT molecular complexity index is 6330. The zero-order chi connectivity index (χ0) is 102. The highest BCUT2D eigenvalue weighted by Gasteiger charge is 2.41. The predicted octanol–water partition coefficient (Wildman–Crippen LogP) is 7.52. The summed E-state index contributed by atoms with van der Waals surface area (Å²) < 4.78 is 146. The molecule has 0 radical (unpaired) electrons. The van der Waals surface area contributed by atoms with E-state index in [4.69, 9.17) is 74.7 Å². The number of carbonyl (C=O) groups is 5. The molecule has 1 unspecified atom stereocenters. The number of furan rings is 1. The van der Waals surface area contributed by atoms with Gasteiger partial charge in [0.15, 0.2) is 65.3 Å². The number of carboxylic acid groups (broad SMARTS) is 4. The molecule has 1 amide bonds. The summed E-state index contributed by atoms with van der Waals surface area (Å²) in [5.41, 5.74) is 8.53. The number of primary amides is 1. The molecule has 4 aliphatic rings. The Balaban J connectivity index is 0.000000207. The van der Waals surface area contributed by atoms with Gasteiger partial charge in [0.05, 0.1) is 43.9 Å². The van der Waals surface area contributed by atoms with Crippen LogP contribution >= 0.6 is 69.7 Å². The Morgan fingerprint density at radius 1 is 0.424 bits per heavy atom. The molecular formula is C82H93F12N25O14S6. The monoisotopic (exact) mass is 2070 g/mol. The number of fused-ring (bicyclic) bond motifs is 4. The molecule has 0 aromatic carbocycles. The van der Waals surface area contributed by atoms with Gasteiger partial charge in [-0.1, -0.05) is 82.9 Å². The lowest BCUT2D eigenvalue weighted by Crippen LogP contribution is -2.44. The number of nitrogens with zero attached hydrogens (tertiary/aromatic N) is 20. The number of aliphatic carboxylic acids is 4. The molecule has 750 valence electrons. The fraction of sp³-hybridized carbons (Fsp3) is 0.451. The van der Waals surface area contributed by atoms with E-state index in [2.05, 4.69) is 133 Å². The van der Waals surface area contributed by atoms with E-state index in [0.29, 0.717) is 103 Å². The van der Waals surface area contributed by atoms with Crippen LogP contribution in [0.25, 0.3) is 44.7 Å². The van der Waals surface area contributed by atoms with Crippen molar-refractivity contribution in [2.75, 3.05) is 130 Å². The fourth-order valence-corrected chi connectivity index (χ4v) is 17.8. The van der Waals surface area contributed by atoms with Gasteiger partial charge in [-0.15, -0.1) is 46.4 Å². The van der Waals surface area contributed by atoms with Crippen LogP contribution in [-0.2, 0) is 89.8 Å². The van der Waals surface area contributed by atoms with E-state index >= 15 is 0 Å². The number of piperazine rings is 4. The summed E-state index contributed by atoms with van der Waals surface area (Å²) in [4.78, 5) is 148. The molecule has 4 aliphatic heterocycles. The Morgan fingerprint density at radius 2 is 0.705 bits per heavy atom. The quantitative estimate of drug-likeness (QED) is 0.0154. The first-order valence-electron chi connectivity index (χ1n) is 41.2. The van der Waals surface area contributed by atoms with Crippen molar-refractivity contribution in [2.45, 2.75) is 123 Å². The van der Waals surface area contributed by atoms with Crippen LogP contribution in [0, 0.1) is 47.4 Å². The third-order valence-corrected chi connectivity index (χ3v) is 26.0. The number of nitrogens with two attached hydrogens (primary N) is 1. The van der Waals surface area contributed by atoms with Crippen molar-refractivity contribution in [3.63, 3.8) is 0 Å². The number of amides is 1. The van der Waals surface area contributed by atoms with Gasteiger partial charge in [-0.05, 0) is 69.6 Å². The molecule has 4 saturated heterocycles. The van der Waals surface area contributed by atoms with Crippen molar-refractivity contribution >= 4 is 168 Å². The molecule has 39 nitrogen and oxygen atoms in total. The third kappa shape index (κ3) is 31.1. The minimum atomic E-state index is -5.08. The van der Waals surface area contributed by atoms with Crippen molar-refractivity contribution in [1.82, 2.24) is 97.7 Å². The molecule has 4 fully saturated rings. The van der Waals surface area contributed by atoms with E-state index in [9.17, 15) is 76.7 Å². The van der Waals surface area contributed by atoms with Crippen molar-refractivity contribution in [1.29, 1.82) is 0 Å². The van der Waals surface area contributed by atoms with Gasteiger partial charge in [0.25, 0.3) is 22.2 Å². The van der Waals surface area contributed by atoms with Crippen molar-refractivity contribution in [3.05, 3.63) is 110 Å². The van der Waals surface area contributed by atoms with E-state index in [1.54, 1.807) is 122 Å². The molecular weight excluding hydrogens is 1980 g/mol. The fourth-order valence-electron chi connectivity index (χ4n) is 12.6. The number of nitrogens with one attached hydrogen (secondary N) is 4. The lowest BCUT2D eigenvalue weighted by Gasteiger charge is -2.28. The number of anilines is 4. The number of alkyl halides is 12. The zero-order valence-electron chi connectivity index (χ0n) is 75.4. The van der Waals surface area contributed by atoms with Gasteiger partial charge in [0, 0.05) is 154 Å². The lowest BCUT2D eigenvalue weighted by atomic mass is 10.4. The van der Waals surface area contributed by atoms with Crippen LogP contribution in [0.5, 0.6) is 0 Å². The first-order chi connectivity index (χ1) is 65.8. The molecule has 139 heavy (non-hydrogen) atoms. The van der Waals surface area contributed by atoms with E-state index in [1.165, 1.54) is 26.1 Å². The van der Waals surface area contributed by atoms with Gasteiger partial charge in [0.1, 0.15) is 5.76 Å². The number of carbonyl (C=O) groups excluding carboxylic acids is 1. The standard InChI is InChI=1S/C20H24N6OS2.C19H22N6O2S.C19H22N6OS2.C16H21N7O2S.4C2HF3O2/c1-4-5-10-26-16-17(22-19(26)25-11-8-21-9-12-25)23-20(24(3)18(16)27)29-14(2)15-7-6-13-28-15;2*1-3-4-9-25-15-16(21-18(25)24-10-7-20-8-11-24)22-19(23(2)17(15)26)28-13-14-6-5-12-27-14;1-3-4-7-23-12-13(19-15(23)22-8-5-18-6-9-22)20-16(21(2)14(12)25)26-10-11(17)24;4*3-2(4,5)1(6)7/h6-7,13-14,21H,8-12H2,1-3H3;2*5-6,12,20H,7-11,13H2,1-2H3;18H,5-10H2,1-2H3,(H2,17,24);4*(H,6,7).